The van der Waals surface area contributed by atoms with Crippen molar-refractivity contribution in [1.29, 1.82) is 0 Å². The number of carboxylic acid groups (broad SMARTS) is 1. The predicted molar refractivity (Wildman–Crippen MR) is 64.8 cm³/mol. The van der Waals surface area contributed by atoms with E-state index >= 15 is 0 Å². The number of nitrogens with one attached hydrogen (secondary N) is 2. The number of carbonyl (C=O) groups is 3. The summed E-state index contributed by atoms with van der Waals surface area (Å²) < 4.78 is 0. The summed E-state index contributed by atoms with van der Waals surface area (Å²) in [5.41, 5.74) is 0. The standard InChI is InChI=1S/C12H20N2O4/c1-3-13-10(15)7(2)14-11(16)8-5-4-6-9(8)12(17)18/h7-9H,3-6H2,1-2H3,(H,13,15)(H,14,16)(H,17,18). The van der Waals surface area contributed by atoms with Gasteiger partial charge in [-0.15, -0.1) is 0 Å². The fourth-order valence-electron chi connectivity index (χ4n) is 2.28. The quantitative estimate of drug-likeness (QED) is 0.651. The highest BCUT2D eigenvalue weighted by molar-refractivity contribution is 5.90. The van der Waals surface area contributed by atoms with Crippen molar-refractivity contribution in [1.82, 2.24) is 10.6 Å². The fraction of sp³-hybridized carbons (Fsp3) is 0.750. The van der Waals surface area contributed by atoms with E-state index in [0.717, 1.165) is 6.42 Å². The second-order valence-electron chi connectivity index (χ2n) is 4.61. The Bertz CT molecular complexity index is 343. The van der Waals surface area contributed by atoms with Crippen LogP contribution in [0.15, 0.2) is 0 Å². The van der Waals surface area contributed by atoms with Crippen molar-refractivity contribution in [2.75, 3.05) is 6.54 Å². The highest BCUT2D eigenvalue weighted by Crippen LogP contribution is 2.32. The Morgan fingerprint density at radius 2 is 1.89 bits per heavy atom. The Balaban J connectivity index is 2.54. The lowest BCUT2D eigenvalue weighted by molar-refractivity contribution is -0.146. The second-order valence-corrected chi connectivity index (χ2v) is 4.61. The molecule has 2 amide bonds. The number of hydrogen-bond donors (Lipinski definition) is 3. The first kappa shape index (κ1) is 14.5. The minimum atomic E-state index is -0.932. The number of hydrogen-bond acceptors (Lipinski definition) is 3. The lowest BCUT2D eigenvalue weighted by atomic mass is 9.95. The molecule has 1 fully saturated rings. The first-order chi connectivity index (χ1) is 8.47. The van der Waals surface area contributed by atoms with Crippen molar-refractivity contribution < 1.29 is 19.5 Å². The predicted octanol–water partition coefficient (Wildman–Crippen LogP) is 0.128. The molecule has 1 aliphatic rings. The number of aliphatic carboxylic acids is 1. The van der Waals surface area contributed by atoms with E-state index in [1.807, 2.05) is 0 Å². The summed E-state index contributed by atoms with van der Waals surface area (Å²) in [6.07, 6.45) is 1.85. The summed E-state index contributed by atoms with van der Waals surface area (Å²) >= 11 is 0. The van der Waals surface area contributed by atoms with Gasteiger partial charge in [-0.05, 0) is 26.7 Å². The van der Waals surface area contributed by atoms with E-state index < -0.39 is 23.8 Å². The normalized spacial score (nSPS) is 24.3. The first-order valence-electron chi connectivity index (χ1n) is 6.28. The minimum absolute atomic E-state index is 0.254. The lowest BCUT2D eigenvalue weighted by Crippen LogP contribution is -2.47. The zero-order chi connectivity index (χ0) is 13.7. The van der Waals surface area contributed by atoms with E-state index in [0.29, 0.717) is 19.4 Å². The molecule has 0 radical (unpaired) electrons. The summed E-state index contributed by atoms with van der Waals surface area (Å²) in [6.45, 7) is 3.89. The van der Waals surface area contributed by atoms with Crippen molar-refractivity contribution in [3.63, 3.8) is 0 Å². The average molecular weight is 256 g/mol. The van der Waals surface area contributed by atoms with Gasteiger partial charge in [0.2, 0.25) is 11.8 Å². The topological polar surface area (TPSA) is 95.5 Å². The molecule has 1 rings (SSSR count). The molecular formula is C12H20N2O4. The van der Waals surface area contributed by atoms with Crippen LogP contribution >= 0.6 is 0 Å². The maximum atomic E-state index is 11.9. The molecule has 0 saturated heterocycles. The van der Waals surface area contributed by atoms with Gasteiger partial charge in [0.1, 0.15) is 6.04 Å². The van der Waals surface area contributed by atoms with Crippen molar-refractivity contribution >= 4 is 17.8 Å². The molecule has 102 valence electrons. The van der Waals surface area contributed by atoms with Crippen molar-refractivity contribution in [3.8, 4) is 0 Å². The molecule has 3 unspecified atom stereocenters. The highest BCUT2D eigenvalue weighted by Gasteiger charge is 2.38. The highest BCUT2D eigenvalue weighted by atomic mass is 16.4. The van der Waals surface area contributed by atoms with E-state index in [1.54, 1.807) is 13.8 Å². The molecule has 0 heterocycles. The van der Waals surface area contributed by atoms with Gasteiger partial charge >= 0.3 is 5.97 Å². The zero-order valence-electron chi connectivity index (χ0n) is 10.7. The molecule has 6 nitrogen and oxygen atoms in total. The van der Waals surface area contributed by atoms with Gasteiger partial charge in [0.05, 0.1) is 11.8 Å². The molecule has 0 spiro atoms. The summed E-state index contributed by atoms with van der Waals surface area (Å²) in [5.74, 6) is -2.65. The molecule has 18 heavy (non-hydrogen) atoms. The van der Waals surface area contributed by atoms with Crippen LogP contribution in [0.25, 0.3) is 0 Å². The zero-order valence-corrected chi connectivity index (χ0v) is 10.7. The van der Waals surface area contributed by atoms with Crippen molar-refractivity contribution in [2.24, 2.45) is 11.8 Å². The van der Waals surface area contributed by atoms with Gasteiger partial charge in [0, 0.05) is 6.54 Å². The summed E-state index contributed by atoms with van der Waals surface area (Å²) in [4.78, 5) is 34.4. The molecule has 0 aromatic rings. The summed E-state index contributed by atoms with van der Waals surface area (Å²) in [5, 5.41) is 14.2. The van der Waals surface area contributed by atoms with Crippen LogP contribution in [0.5, 0.6) is 0 Å². The van der Waals surface area contributed by atoms with Gasteiger partial charge in [-0.3, -0.25) is 14.4 Å². The Kier molecular flexibility index (Phi) is 5.12. The third kappa shape index (κ3) is 3.45. The summed E-state index contributed by atoms with van der Waals surface area (Å²) in [6, 6.07) is -0.632. The van der Waals surface area contributed by atoms with E-state index in [1.165, 1.54) is 0 Å². The smallest absolute Gasteiger partial charge is 0.307 e. The first-order valence-corrected chi connectivity index (χ1v) is 6.28. The molecule has 1 aliphatic carbocycles. The molecule has 6 heteroatoms. The molecule has 3 N–H and O–H groups in total. The van der Waals surface area contributed by atoms with Crippen LogP contribution < -0.4 is 10.6 Å². The average Bonchev–Trinajstić information content (AvgIpc) is 2.78. The molecule has 0 aliphatic heterocycles. The Morgan fingerprint density at radius 1 is 1.28 bits per heavy atom. The van der Waals surface area contributed by atoms with E-state index in [4.69, 9.17) is 5.11 Å². The molecule has 1 saturated carbocycles. The van der Waals surface area contributed by atoms with Crippen LogP contribution in [0.1, 0.15) is 33.1 Å². The number of carbonyl (C=O) groups excluding carboxylic acids is 2. The third-order valence-corrected chi connectivity index (χ3v) is 3.27. The largest absolute Gasteiger partial charge is 0.481 e. The Morgan fingerprint density at radius 3 is 2.44 bits per heavy atom. The number of amides is 2. The Hall–Kier alpha value is -1.59. The van der Waals surface area contributed by atoms with Crippen LogP contribution in [0.4, 0.5) is 0 Å². The number of likely N-dealkylation sites (N-methyl/N-ethyl adjacent to an activating group) is 1. The van der Waals surface area contributed by atoms with E-state index in [2.05, 4.69) is 10.6 Å². The van der Waals surface area contributed by atoms with Gasteiger partial charge in [0.15, 0.2) is 0 Å². The Labute approximate surface area is 106 Å². The van der Waals surface area contributed by atoms with Crippen molar-refractivity contribution in [3.05, 3.63) is 0 Å². The fourth-order valence-corrected chi connectivity index (χ4v) is 2.28. The maximum Gasteiger partial charge on any atom is 0.307 e. The van der Waals surface area contributed by atoms with Gasteiger partial charge in [-0.1, -0.05) is 6.42 Å². The van der Waals surface area contributed by atoms with Crippen LogP contribution in [-0.2, 0) is 14.4 Å². The van der Waals surface area contributed by atoms with Gasteiger partial charge in [-0.25, -0.2) is 0 Å². The van der Waals surface area contributed by atoms with Crippen LogP contribution in [0, 0.1) is 11.8 Å². The molecule has 0 aromatic heterocycles. The van der Waals surface area contributed by atoms with E-state index in [9.17, 15) is 14.4 Å². The monoisotopic (exact) mass is 256 g/mol. The summed E-state index contributed by atoms with van der Waals surface area (Å²) in [7, 11) is 0. The van der Waals surface area contributed by atoms with Gasteiger partial charge in [-0.2, -0.15) is 0 Å². The molecule has 3 atom stereocenters. The van der Waals surface area contributed by atoms with Crippen LogP contribution in [0.3, 0.4) is 0 Å². The maximum absolute atomic E-state index is 11.9. The number of carboxylic acids is 1. The van der Waals surface area contributed by atoms with Crippen LogP contribution in [-0.4, -0.2) is 35.5 Å². The minimum Gasteiger partial charge on any atom is -0.481 e. The SMILES string of the molecule is CCNC(=O)C(C)NC(=O)C1CCCC1C(=O)O. The molecule has 0 aromatic carbocycles. The van der Waals surface area contributed by atoms with Crippen molar-refractivity contribution in [2.45, 2.75) is 39.2 Å². The van der Waals surface area contributed by atoms with Gasteiger partial charge in [0.25, 0.3) is 0 Å². The third-order valence-electron chi connectivity index (χ3n) is 3.27. The number of rotatable bonds is 5. The molecule has 0 bridgehead atoms. The lowest BCUT2D eigenvalue weighted by Gasteiger charge is -2.19. The second kappa shape index (κ2) is 6.37. The molecular weight excluding hydrogens is 236 g/mol. The van der Waals surface area contributed by atoms with Gasteiger partial charge < -0.3 is 15.7 Å². The van der Waals surface area contributed by atoms with Crippen LogP contribution in [0.2, 0.25) is 0 Å². The van der Waals surface area contributed by atoms with E-state index in [-0.39, 0.29) is 11.8 Å².